The van der Waals surface area contributed by atoms with Crippen LogP contribution in [-0.2, 0) is 6.42 Å². The van der Waals surface area contributed by atoms with E-state index in [0.29, 0.717) is 6.54 Å². The molecule has 4 nitrogen and oxygen atoms in total. The summed E-state index contributed by atoms with van der Waals surface area (Å²) in [5, 5.41) is 17.2. The number of benzene rings is 2. The Morgan fingerprint density at radius 1 is 1.14 bits per heavy atom. The first-order valence-electron chi connectivity index (χ1n) is 7.73. The summed E-state index contributed by atoms with van der Waals surface area (Å²) in [5.41, 5.74) is 1.23. The van der Waals surface area contributed by atoms with Gasteiger partial charge in [-0.1, -0.05) is 49.4 Å². The Morgan fingerprint density at radius 2 is 1.86 bits per heavy atom. The van der Waals surface area contributed by atoms with Crippen LogP contribution in [0.5, 0.6) is 0 Å². The van der Waals surface area contributed by atoms with Gasteiger partial charge in [-0.25, -0.2) is 4.79 Å². The van der Waals surface area contributed by atoms with Crippen molar-refractivity contribution in [3.8, 4) is 0 Å². The molecule has 0 radical (unpaired) electrons. The lowest BCUT2D eigenvalue weighted by Crippen LogP contribution is -2.44. The van der Waals surface area contributed by atoms with Crippen LogP contribution in [0.2, 0.25) is 0 Å². The minimum atomic E-state index is -0.187. The second kappa shape index (κ2) is 7.80. The fraction of sp³-hybridized carbons (Fsp3) is 0.389. The van der Waals surface area contributed by atoms with Crippen LogP contribution in [0.15, 0.2) is 42.5 Å². The van der Waals surface area contributed by atoms with E-state index in [0.717, 1.165) is 6.42 Å². The third-order valence-electron chi connectivity index (χ3n) is 4.06. The van der Waals surface area contributed by atoms with Crippen LogP contribution in [0.4, 0.5) is 4.79 Å². The predicted molar refractivity (Wildman–Crippen MR) is 89.9 cm³/mol. The molecule has 22 heavy (non-hydrogen) atoms. The number of aliphatic hydroxyl groups is 1. The Kier molecular flexibility index (Phi) is 5.78. The van der Waals surface area contributed by atoms with Gasteiger partial charge in [0.25, 0.3) is 0 Å². The minimum absolute atomic E-state index is 0.0452. The van der Waals surface area contributed by atoms with E-state index in [2.05, 4.69) is 34.9 Å². The maximum Gasteiger partial charge on any atom is 0.315 e. The highest BCUT2D eigenvalue weighted by molar-refractivity contribution is 5.85. The topological polar surface area (TPSA) is 61.4 Å². The zero-order chi connectivity index (χ0) is 15.9. The second-order valence-corrected chi connectivity index (χ2v) is 5.74. The third-order valence-corrected chi connectivity index (χ3v) is 4.06. The molecule has 118 valence electrons. The number of carbonyl (C=O) groups excluding carboxylic acids is 1. The van der Waals surface area contributed by atoms with Crippen LogP contribution in [-0.4, -0.2) is 30.3 Å². The smallest absolute Gasteiger partial charge is 0.315 e. The molecule has 0 aliphatic rings. The van der Waals surface area contributed by atoms with Gasteiger partial charge in [-0.15, -0.1) is 0 Å². The first-order chi connectivity index (χ1) is 10.6. The van der Waals surface area contributed by atoms with Gasteiger partial charge in [0, 0.05) is 19.2 Å². The molecule has 0 saturated heterocycles. The summed E-state index contributed by atoms with van der Waals surface area (Å²) < 4.78 is 0. The number of rotatable bonds is 6. The van der Waals surface area contributed by atoms with Gasteiger partial charge < -0.3 is 15.7 Å². The maximum absolute atomic E-state index is 11.8. The summed E-state index contributed by atoms with van der Waals surface area (Å²) in [6.45, 7) is 4.45. The lowest BCUT2D eigenvalue weighted by atomic mass is 10.0. The monoisotopic (exact) mass is 300 g/mol. The van der Waals surface area contributed by atoms with E-state index in [1.54, 1.807) is 0 Å². The Balaban J connectivity index is 1.86. The molecule has 3 N–H and O–H groups in total. The van der Waals surface area contributed by atoms with E-state index in [9.17, 15) is 4.79 Å². The van der Waals surface area contributed by atoms with Gasteiger partial charge >= 0.3 is 6.03 Å². The molecule has 2 aromatic rings. The normalized spacial score (nSPS) is 13.6. The van der Waals surface area contributed by atoms with E-state index in [1.165, 1.54) is 16.3 Å². The van der Waals surface area contributed by atoms with E-state index in [-0.39, 0.29) is 24.6 Å². The molecule has 2 unspecified atom stereocenters. The molecule has 0 aliphatic heterocycles. The predicted octanol–water partition coefficient (Wildman–Crippen LogP) is 2.70. The molecule has 0 aromatic heterocycles. The molecule has 0 bridgehead atoms. The number of urea groups is 1. The zero-order valence-electron chi connectivity index (χ0n) is 13.2. The van der Waals surface area contributed by atoms with Crippen molar-refractivity contribution < 1.29 is 9.90 Å². The van der Waals surface area contributed by atoms with Crippen molar-refractivity contribution in [1.82, 2.24) is 10.6 Å². The summed E-state index contributed by atoms with van der Waals surface area (Å²) in [7, 11) is 0. The van der Waals surface area contributed by atoms with Gasteiger partial charge in [0.2, 0.25) is 0 Å². The number of hydrogen-bond acceptors (Lipinski definition) is 2. The van der Waals surface area contributed by atoms with Crippen molar-refractivity contribution in [3.63, 3.8) is 0 Å². The average Bonchev–Trinajstić information content (AvgIpc) is 2.54. The quantitative estimate of drug-likeness (QED) is 0.768. The maximum atomic E-state index is 11.8. The highest BCUT2D eigenvalue weighted by Gasteiger charge is 2.13. The SMILES string of the molecule is CC(CO)C(C)NC(=O)NCCc1cccc2ccccc12. The molecule has 2 aromatic carbocycles. The molecule has 2 amide bonds. The fourth-order valence-corrected chi connectivity index (χ4v) is 2.38. The summed E-state index contributed by atoms with van der Waals surface area (Å²) >= 11 is 0. The molecule has 0 heterocycles. The average molecular weight is 300 g/mol. The van der Waals surface area contributed by atoms with Crippen LogP contribution in [0, 0.1) is 5.92 Å². The van der Waals surface area contributed by atoms with Crippen LogP contribution in [0.1, 0.15) is 19.4 Å². The number of amides is 2. The van der Waals surface area contributed by atoms with Crippen molar-refractivity contribution in [2.24, 2.45) is 5.92 Å². The highest BCUT2D eigenvalue weighted by Crippen LogP contribution is 2.18. The van der Waals surface area contributed by atoms with Crippen molar-refractivity contribution >= 4 is 16.8 Å². The Morgan fingerprint density at radius 3 is 2.64 bits per heavy atom. The summed E-state index contributed by atoms with van der Waals surface area (Å²) in [5.74, 6) is 0.0452. The Hall–Kier alpha value is -2.07. The molecule has 0 spiro atoms. The van der Waals surface area contributed by atoms with Gasteiger partial charge in [0.05, 0.1) is 0 Å². The Bertz CT molecular complexity index is 622. The lowest BCUT2D eigenvalue weighted by Gasteiger charge is -2.19. The van der Waals surface area contributed by atoms with Gasteiger partial charge in [0.15, 0.2) is 0 Å². The van der Waals surface area contributed by atoms with Gasteiger partial charge in [-0.05, 0) is 35.6 Å². The molecular formula is C18H24N2O2. The summed E-state index contributed by atoms with van der Waals surface area (Å²) in [6, 6.07) is 14.3. The highest BCUT2D eigenvalue weighted by atomic mass is 16.3. The minimum Gasteiger partial charge on any atom is -0.396 e. The van der Waals surface area contributed by atoms with E-state index < -0.39 is 0 Å². The van der Waals surface area contributed by atoms with E-state index in [1.807, 2.05) is 32.0 Å². The fourth-order valence-electron chi connectivity index (χ4n) is 2.38. The van der Waals surface area contributed by atoms with Crippen molar-refractivity contribution in [1.29, 1.82) is 0 Å². The summed E-state index contributed by atoms with van der Waals surface area (Å²) in [6.07, 6.45) is 0.790. The van der Waals surface area contributed by atoms with Crippen LogP contribution in [0.25, 0.3) is 10.8 Å². The third kappa shape index (κ3) is 4.21. The molecular weight excluding hydrogens is 276 g/mol. The van der Waals surface area contributed by atoms with E-state index in [4.69, 9.17) is 5.11 Å². The molecule has 0 aliphatic carbocycles. The molecule has 2 atom stereocenters. The van der Waals surface area contributed by atoms with Crippen molar-refractivity contribution in [2.75, 3.05) is 13.2 Å². The number of aliphatic hydroxyl groups excluding tert-OH is 1. The molecule has 4 heteroatoms. The number of carbonyl (C=O) groups is 1. The summed E-state index contributed by atoms with van der Waals surface area (Å²) in [4.78, 5) is 11.8. The first kappa shape index (κ1) is 16.3. The van der Waals surface area contributed by atoms with Crippen LogP contribution in [0.3, 0.4) is 0 Å². The molecule has 0 saturated carbocycles. The first-order valence-corrected chi connectivity index (χ1v) is 7.73. The second-order valence-electron chi connectivity index (χ2n) is 5.74. The van der Waals surface area contributed by atoms with Gasteiger partial charge in [-0.3, -0.25) is 0 Å². The lowest BCUT2D eigenvalue weighted by molar-refractivity contribution is 0.200. The van der Waals surface area contributed by atoms with E-state index >= 15 is 0 Å². The number of fused-ring (bicyclic) bond motifs is 1. The van der Waals surface area contributed by atoms with Gasteiger partial charge in [0.1, 0.15) is 0 Å². The molecule has 2 rings (SSSR count). The number of nitrogens with one attached hydrogen (secondary N) is 2. The van der Waals surface area contributed by atoms with Crippen LogP contribution >= 0.6 is 0 Å². The van der Waals surface area contributed by atoms with Crippen molar-refractivity contribution in [2.45, 2.75) is 26.3 Å². The van der Waals surface area contributed by atoms with Crippen LogP contribution < -0.4 is 10.6 Å². The molecule has 0 fully saturated rings. The number of hydrogen-bond donors (Lipinski definition) is 3. The Labute approximate surface area is 131 Å². The standard InChI is InChI=1S/C18H24N2O2/c1-13(12-21)14(2)20-18(22)19-11-10-16-8-5-7-15-6-3-4-9-17(15)16/h3-9,13-14,21H,10-12H2,1-2H3,(H2,19,20,22). The largest absolute Gasteiger partial charge is 0.396 e. The van der Waals surface area contributed by atoms with Gasteiger partial charge in [-0.2, -0.15) is 0 Å². The van der Waals surface area contributed by atoms with Crippen molar-refractivity contribution in [3.05, 3.63) is 48.0 Å². The zero-order valence-corrected chi connectivity index (χ0v) is 13.2.